The summed E-state index contributed by atoms with van der Waals surface area (Å²) in [6, 6.07) is 10.3. The SMILES string of the molecule is COc1ccc(CCN(CC(=O)Nc2ccc(F)cc2F)C(C)=O)cc1. The molecule has 0 bridgehead atoms. The Bertz CT molecular complexity index is 779. The minimum atomic E-state index is -0.869. The highest BCUT2D eigenvalue weighted by Gasteiger charge is 2.15. The van der Waals surface area contributed by atoms with E-state index in [0.717, 1.165) is 23.4 Å². The third-order valence-corrected chi connectivity index (χ3v) is 3.81. The summed E-state index contributed by atoms with van der Waals surface area (Å²) < 4.78 is 31.6. The monoisotopic (exact) mass is 362 g/mol. The maximum Gasteiger partial charge on any atom is 0.244 e. The second-order valence-electron chi connectivity index (χ2n) is 5.71. The number of nitrogens with one attached hydrogen (secondary N) is 1. The topological polar surface area (TPSA) is 58.6 Å². The number of benzene rings is 2. The summed E-state index contributed by atoms with van der Waals surface area (Å²) in [5.41, 5.74) is 0.858. The van der Waals surface area contributed by atoms with Gasteiger partial charge in [0.2, 0.25) is 11.8 Å². The van der Waals surface area contributed by atoms with Crippen LogP contribution < -0.4 is 10.1 Å². The van der Waals surface area contributed by atoms with Gasteiger partial charge < -0.3 is 15.0 Å². The second-order valence-corrected chi connectivity index (χ2v) is 5.71. The van der Waals surface area contributed by atoms with Crippen LogP contribution in [0.3, 0.4) is 0 Å². The summed E-state index contributed by atoms with van der Waals surface area (Å²) >= 11 is 0. The molecule has 7 heteroatoms. The summed E-state index contributed by atoms with van der Waals surface area (Å²) in [4.78, 5) is 25.2. The number of ether oxygens (including phenoxy) is 1. The molecular weight excluding hydrogens is 342 g/mol. The van der Waals surface area contributed by atoms with Gasteiger partial charge in [0.1, 0.15) is 17.4 Å². The van der Waals surface area contributed by atoms with E-state index in [4.69, 9.17) is 4.74 Å². The summed E-state index contributed by atoms with van der Waals surface area (Å²) in [6.45, 7) is 1.48. The van der Waals surface area contributed by atoms with E-state index in [9.17, 15) is 18.4 Å². The largest absolute Gasteiger partial charge is 0.497 e. The quantitative estimate of drug-likeness (QED) is 0.824. The number of hydrogen-bond acceptors (Lipinski definition) is 3. The third kappa shape index (κ3) is 5.54. The van der Waals surface area contributed by atoms with E-state index in [0.29, 0.717) is 19.0 Å². The van der Waals surface area contributed by atoms with Crippen LogP contribution in [0.1, 0.15) is 12.5 Å². The molecular formula is C19H20F2N2O3. The molecule has 0 radical (unpaired) electrons. The minimum Gasteiger partial charge on any atom is -0.497 e. The number of rotatable bonds is 7. The number of anilines is 1. The van der Waals surface area contributed by atoms with Gasteiger partial charge in [-0.2, -0.15) is 0 Å². The lowest BCUT2D eigenvalue weighted by Crippen LogP contribution is -2.38. The van der Waals surface area contributed by atoms with Gasteiger partial charge >= 0.3 is 0 Å². The van der Waals surface area contributed by atoms with Gasteiger partial charge in [0.25, 0.3) is 0 Å². The second kappa shape index (κ2) is 8.94. The number of carbonyl (C=O) groups excluding carboxylic acids is 2. The van der Waals surface area contributed by atoms with Gasteiger partial charge in [-0.15, -0.1) is 0 Å². The smallest absolute Gasteiger partial charge is 0.244 e. The number of halogens is 2. The molecule has 0 aliphatic rings. The first-order valence-electron chi connectivity index (χ1n) is 8.02. The molecule has 0 fully saturated rings. The molecule has 0 saturated carbocycles. The predicted octanol–water partition coefficient (Wildman–Crippen LogP) is 3.00. The lowest BCUT2D eigenvalue weighted by Gasteiger charge is -2.20. The maximum atomic E-state index is 13.6. The van der Waals surface area contributed by atoms with Crippen LogP contribution in [0.15, 0.2) is 42.5 Å². The highest BCUT2D eigenvalue weighted by atomic mass is 19.1. The maximum absolute atomic E-state index is 13.6. The Labute approximate surface area is 150 Å². The van der Waals surface area contributed by atoms with E-state index >= 15 is 0 Å². The average Bonchev–Trinajstić information content (AvgIpc) is 2.61. The van der Waals surface area contributed by atoms with Crippen molar-refractivity contribution < 1.29 is 23.1 Å². The molecule has 2 rings (SSSR count). The number of amides is 2. The highest BCUT2D eigenvalue weighted by molar-refractivity contribution is 5.94. The van der Waals surface area contributed by atoms with Crippen LogP contribution in [0.5, 0.6) is 5.75 Å². The van der Waals surface area contributed by atoms with E-state index in [1.807, 2.05) is 24.3 Å². The average molecular weight is 362 g/mol. The lowest BCUT2D eigenvalue weighted by atomic mass is 10.1. The minimum absolute atomic E-state index is 0.130. The van der Waals surface area contributed by atoms with Crippen molar-refractivity contribution >= 4 is 17.5 Å². The van der Waals surface area contributed by atoms with Crippen LogP contribution in [0.25, 0.3) is 0 Å². The van der Waals surface area contributed by atoms with Crippen LogP contribution in [-0.2, 0) is 16.0 Å². The first kappa shape index (κ1) is 19.4. The number of hydrogen-bond donors (Lipinski definition) is 1. The molecule has 0 spiro atoms. The van der Waals surface area contributed by atoms with Crippen LogP contribution in [0, 0.1) is 11.6 Å². The Morgan fingerprint density at radius 2 is 1.81 bits per heavy atom. The van der Waals surface area contributed by atoms with Gasteiger partial charge in [-0.05, 0) is 36.2 Å². The summed E-state index contributed by atoms with van der Waals surface area (Å²) in [5.74, 6) is -1.69. The molecule has 2 aromatic carbocycles. The van der Waals surface area contributed by atoms with Crippen molar-refractivity contribution in [2.45, 2.75) is 13.3 Å². The van der Waals surface area contributed by atoms with Crippen molar-refractivity contribution in [3.05, 3.63) is 59.7 Å². The van der Waals surface area contributed by atoms with Crippen molar-refractivity contribution in [1.82, 2.24) is 4.90 Å². The van der Waals surface area contributed by atoms with Gasteiger partial charge in [-0.25, -0.2) is 8.78 Å². The van der Waals surface area contributed by atoms with E-state index in [-0.39, 0.29) is 18.1 Å². The number of nitrogens with zero attached hydrogens (tertiary/aromatic N) is 1. The predicted molar refractivity (Wildman–Crippen MR) is 93.9 cm³/mol. The molecule has 0 aliphatic heterocycles. The first-order valence-corrected chi connectivity index (χ1v) is 8.02. The molecule has 5 nitrogen and oxygen atoms in total. The van der Waals surface area contributed by atoms with Gasteiger partial charge in [0, 0.05) is 19.5 Å². The van der Waals surface area contributed by atoms with Crippen LogP contribution in [0.4, 0.5) is 14.5 Å². The van der Waals surface area contributed by atoms with Crippen LogP contribution in [0.2, 0.25) is 0 Å². The molecule has 0 saturated heterocycles. The zero-order valence-electron chi connectivity index (χ0n) is 14.6. The summed E-state index contributed by atoms with van der Waals surface area (Å²) in [5, 5.41) is 2.35. The number of carbonyl (C=O) groups is 2. The Kier molecular flexibility index (Phi) is 6.66. The van der Waals surface area contributed by atoms with Crippen LogP contribution >= 0.6 is 0 Å². The molecule has 26 heavy (non-hydrogen) atoms. The van der Waals surface area contributed by atoms with E-state index in [1.54, 1.807) is 7.11 Å². The van der Waals surface area contributed by atoms with Crippen molar-refractivity contribution in [3.63, 3.8) is 0 Å². The molecule has 0 aliphatic carbocycles. The highest BCUT2D eigenvalue weighted by Crippen LogP contribution is 2.15. The third-order valence-electron chi connectivity index (χ3n) is 3.81. The fraction of sp³-hybridized carbons (Fsp3) is 0.263. The van der Waals surface area contributed by atoms with E-state index < -0.39 is 17.5 Å². The van der Waals surface area contributed by atoms with Gasteiger partial charge in [-0.3, -0.25) is 9.59 Å². The standard InChI is InChI=1S/C19H20F2N2O3/c1-13(24)23(10-9-14-3-6-16(26-2)7-4-14)12-19(25)22-18-8-5-15(20)11-17(18)21/h3-8,11H,9-10,12H2,1-2H3,(H,22,25). The molecule has 0 heterocycles. The van der Waals surface area contributed by atoms with E-state index in [2.05, 4.69) is 5.32 Å². The molecule has 0 unspecified atom stereocenters. The summed E-state index contributed by atoms with van der Waals surface area (Å²) in [6.07, 6.45) is 0.557. The number of methoxy groups -OCH3 is 1. The van der Waals surface area contributed by atoms with Crippen LogP contribution in [-0.4, -0.2) is 36.9 Å². The molecule has 0 atom stereocenters. The van der Waals surface area contributed by atoms with Crippen molar-refractivity contribution in [1.29, 1.82) is 0 Å². The van der Waals surface area contributed by atoms with Gasteiger partial charge in [0.05, 0.1) is 19.3 Å². The molecule has 2 aromatic rings. The molecule has 2 amide bonds. The lowest BCUT2D eigenvalue weighted by molar-refractivity contribution is -0.132. The fourth-order valence-corrected chi connectivity index (χ4v) is 2.36. The van der Waals surface area contributed by atoms with Crippen molar-refractivity contribution in [2.24, 2.45) is 0 Å². The Balaban J connectivity index is 1.93. The van der Waals surface area contributed by atoms with Gasteiger partial charge in [0.15, 0.2) is 0 Å². The molecule has 0 aromatic heterocycles. The van der Waals surface area contributed by atoms with Crippen molar-refractivity contribution in [2.75, 3.05) is 25.5 Å². The van der Waals surface area contributed by atoms with Gasteiger partial charge in [-0.1, -0.05) is 12.1 Å². The Morgan fingerprint density at radius 1 is 1.12 bits per heavy atom. The first-order chi connectivity index (χ1) is 12.4. The Morgan fingerprint density at radius 3 is 2.38 bits per heavy atom. The zero-order valence-corrected chi connectivity index (χ0v) is 14.6. The molecule has 1 N–H and O–H groups in total. The Hall–Kier alpha value is -2.96. The summed E-state index contributed by atoms with van der Waals surface area (Å²) in [7, 11) is 1.58. The normalized spacial score (nSPS) is 10.3. The van der Waals surface area contributed by atoms with Crippen molar-refractivity contribution in [3.8, 4) is 5.75 Å². The zero-order chi connectivity index (χ0) is 19.1. The fourth-order valence-electron chi connectivity index (χ4n) is 2.36. The van der Waals surface area contributed by atoms with E-state index in [1.165, 1.54) is 11.8 Å². The molecule has 138 valence electrons.